The topological polar surface area (TPSA) is 26.0 Å². The van der Waals surface area contributed by atoms with Gasteiger partial charge in [-0.25, -0.2) is 0 Å². The monoisotopic (exact) mass is 273 g/mol. The number of nitrogen functional groups attached to an aromatic ring is 1. The van der Waals surface area contributed by atoms with Crippen molar-refractivity contribution < 1.29 is 0 Å². The maximum Gasteiger partial charge on any atom is 0.0473 e. The Hall–Kier alpha value is -2.54. The molecular weight excluding hydrogens is 254 g/mol. The SMILES string of the molecule is CCc1cc(-c2ccccc2)c(N)c(-c2ccccc2)c1. The smallest absolute Gasteiger partial charge is 0.0473 e. The highest BCUT2D eigenvalue weighted by molar-refractivity contribution is 5.89. The largest absolute Gasteiger partial charge is 0.398 e. The predicted molar refractivity (Wildman–Crippen MR) is 91.1 cm³/mol. The van der Waals surface area contributed by atoms with Gasteiger partial charge in [-0.2, -0.15) is 0 Å². The van der Waals surface area contributed by atoms with Gasteiger partial charge in [-0.15, -0.1) is 0 Å². The number of nitrogens with two attached hydrogens (primary N) is 1. The van der Waals surface area contributed by atoms with Crippen LogP contribution in [-0.4, -0.2) is 0 Å². The standard InChI is InChI=1S/C20H19N/c1-2-15-13-18(16-9-5-3-6-10-16)20(21)19(14-15)17-11-7-4-8-12-17/h3-14H,2,21H2,1H3. The van der Waals surface area contributed by atoms with E-state index in [2.05, 4.69) is 67.6 Å². The van der Waals surface area contributed by atoms with Gasteiger partial charge >= 0.3 is 0 Å². The normalized spacial score (nSPS) is 10.5. The Kier molecular flexibility index (Phi) is 3.74. The van der Waals surface area contributed by atoms with E-state index in [0.29, 0.717) is 0 Å². The van der Waals surface area contributed by atoms with Gasteiger partial charge in [0.2, 0.25) is 0 Å². The molecule has 3 aromatic carbocycles. The minimum atomic E-state index is 0.851. The van der Waals surface area contributed by atoms with Crippen LogP contribution >= 0.6 is 0 Å². The summed E-state index contributed by atoms with van der Waals surface area (Å²) >= 11 is 0. The van der Waals surface area contributed by atoms with E-state index in [1.807, 2.05) is 12.1 Å². The molecule has 1 nitrogen and oxygen atoms in total. The molecule has 104 valence electrons. The molecule has 0 radical (unpaired) electrons. The molecular formula is C20H19N. The van der Waals surface area contributed by atoms with Crippen LogP contribution in [0.15, 0.2) is 72.8 Å². The van der Waals surface area contributed by atoms with Crippen molar-refractivity contribution in [3.05, 3.63) is 78.4 Å². The van der Waals surface area contributed by atoms with E-state index in [0.717, 1.165) is 23.2 Å². The second-order valence-electron chi connectivity index (χ2n) is 5.19. The third-order valence-corrected chi connectivity index (χ3v) is 3.82. The van der Waals surface area contributed by atoms with Crippen LogP contribution in [0.25, 0.3) is 22.3 Å². The molecule has 0 bridgehead atoms. The van der Waals surface area contributed by atoms with Crippen molar-refractivity contribution in [3.63, 3.8) is 0 Å². The summed E-state index contributed by atoms with van der Waals surface area (Å²) < 4.78 is 0. The molecule has 0 unspecified atom stereocenters. The van der Waals surface area contributed by atoms with Crippen LogP contribution in [0, 0.1) is 0 Å². The second-order valence-corrected chi connectivity index (χ2v) is 5.19. The first kappa shape index (κ1) is 13.4. The first-order valence-electron chi connectivity index (χ1n) is 7.33. The molecule has 0 aliphatic carbocycles. The Morgan fingerprint density at radius 1 is 0.714 bits per heavy atom. The van der Waals surface area contributed by atoms with Crippen molar-refractivity contribution in [1.82, 2.24) is 0 Å². The van der Waals surface area contributed by atoms with Crippen LogP contribution in [0.2, 0.25) is 0 Å². The van der Waals surface area contributed by atoms with Crippen molar-refractivity contribution in [2.45, 2.75) is 13.3 Å². The Morgan fingerprint density at radius 3 is 1.52 bits per heavy atom. The molecule has 2 N–H and O–H groups in total. The molecule has 0 saturated carbocycles. The van der Waals surface area contributed by atoms with Crippen LogP contribution in [0.1, 0.15) is 12.5 Å². The van der Waals surface area contributed by atoms with Crippen LogP contribution in [0.4, 0.5) is 5.69 Å². The molecule has 0 fully saturated rings. The third kappa shape index (κ3) is 2.68. The minimum absolute atomic E-state index is 0.851. The quantitative estimate of drug-likeness (QED) is 0.655. The van der Waals surface area contributed by atoms with Crippen molar-refractivity contribution in [3.8, 4) is 22.3 Å². The first-order chi connectivity index (χ1) is 10.3. The number of hydrogen-bond donors (Lipinski definition) is 1. The predicted octanol–water partition coefficient (Wildman–Crippen LogP) is 5.17. The zero-order chi connectivity index (χ0) is 14.7. The fraction of sp³-hybridized carbons (Fsp3) is 0.100. The Balaban J connectivity index is 2.23. The lowest BCUT2D eigenvalue weighted by Gasteiger charge is -2.14. The fourth-order valence-corrected chi connectivity index (χ4v) is 2.63. The lowest BCUT2D eigenvalue weighted by molar-refractivity contribution is 1.14. The second kappa shape index (κ2) is 5.84. The highest BCUT2D eigenvalue weighted by atomic mass is 14.6. The molecule has 0 amide bonds. The summed E-state index contributed by atoms with van der Waals surface area (Å²) in [6, 6.07) is 25.1. The van der Waals surface area contributed by atoms with E-state index in [1.54, 1.807) is 0 Å². The number of benzene rings is 3. The van der Waals surface area contributed by atoms with Gasteiger partial charge in [0.05, 0.1) is 0 Å². The highest BCUT2D eigenvalue weighted by Crippen LogP contribution is 2.36. The maximum absolute atomic E-state index is 6.47. The molecule has 0 atom stereocenters. The number of aryl methyl sites for hydroxylation is 1. The molecule has 1 heteroatoms. The third-order valence-electron chi connectivity index (χ3n) is 3.82. The zero-order valence-electron chi connectivity index (χ0n) is 12.2. The fourth-order valence-electron chi connectivity index (χ4n) is 2.63. The van der Waals surface area contributed by atoms with Gasteiger partial charge in [0.25, 0.3) is 0 Å². The Morgan fingerprint density at radius 2 is 1.14 bits per heavy atom. The van der Waals surface area contributed by atoms with Crippen molar-refractivity contribution in [1.29, 1.82) is 0 Å². The molecule has 3 rings (SSSR count). The molecule has 0 saturated heterocycles. The maximum atomic E-state index is 6.47. The van der Waals surface area contributed by atoms with E-state index >= 15 is 0 Å². The Bertz CT molecular complexity index is 670. The van der Waals surface area contributed by atoms with Crippen LogP contribution < -0.4 is 5.73 Å². The average Bonchev–Trinajstić information content (AvgIpc) is 2.57. The van der Waals surface area contributed by atoms with Crippen molar-refractivity contribution in [2.24, 2.45) is 0 Å². The molecule has 0 spiro atoms. The van der Waals surface area contributed by atoms with Crippen LogP contribution in [-0.2, 0) is 6.42 Å². The molecule has 0 aliphatic rings. The van der Waals surface area contributed by atoms with Gasteiger partial charge in [-0.3, -0.25) is 0 Å². The van der Waals surface area contributed by atoms with Gasteiger partial charge in [0.1, 0.15) is 0 Å². The summed E-state index contributed by atoms with van der Waals surface area (Å²) in [6.45, 7) is 2.18. The highest BCUT2D eigenvalue weighted by Gasteiger charge is 2.10. The van der Waals surface area contributed by atoms with Crippen molar-refractivity contribution in [2.75, 3.05) is 5.73 Å². The van der Waals surface area contributed by atoms with Gasteiger partial charge in [0, 0.05) is 16.8 Å². The van der Waals surface area contributed by atoms with E-state index in [4.69, 9.17) is 5.73 Å². The Labute approximate surface area is 126 Å². The summed E-state index contributed by atoms with van der Waals surface area (Å²) in [5.74, 6) is 0. The van der Waals surface area contributed by atoms with E-state index in [-0.39, 0.29) is 0 Å². The zero-order valence-corrected chi connectivity index (χ0v) is 12.2. The van der Waals surface area contributed by atoms with Crippen LogP contribution in [0.3, 0.4) is 0 Å². The van der Waals surface area contributed by atoms with Gasteiger partial charge in [0.15, 0.2) is 0 Å². The molecule has 21 heavy (non-hydrogen) atoms. The summed E-state index contributed by atoms with van der Waals surface area (Å²) in [5, 5.41) is 0. The minimum Gasteiger partial charge on any atom is -0.398 e. The van der Waals surface area contributed by atoms with E-state index in [1.165, 1.54) is 16.7 Å². The van der Waals surface area contributed by atoms with Crippen molar-refractivity contribution >= 4 is 5.69 Å². The number of rotatable bonds is 3. The summed E-state index contributed by atoms with van der Waals surface area (Å²) in [6.07, 6.45) is 1.000. The molecule has 0 aliphatic heterocycles. The van der Waals surface area contributed by atoms with Gasteiger partial charge in [-0.1, -0.05) is 67.6 Å². The summed E-state index contributed by atoms with van der Waals surface area (Å²) in [4.78, 5) is 0. The van der Waals surface area contributed by atoms with E-state index in [9.17, 15) is 0 Å². The lowest BCUT2D eigenvalue weighted by Crippen LogP contribution is -1.96. The molecule has 3 aromatic rings. The average molecular weight is 273 g/mol. The number of hydrogen-bond acceptors (Lipinski definition) is 1. The van der Waals surface area contributed by atoms with E-state index < -0.39 is 0 Å². The molecule has 0 aromatic heterocycles. The van der Waals surface area contributed by atoms with Crippen LogP contribution in [0.5, 0.6) is 0 Å². The summed E-state index contributed by atoms with van der Waals surface area (Å²) in [7, 11) is 0. The van der Waals surface area contributed by atoms with Gasteiger partial charge in [-0.05, 0) is 35.2 Å². The first-order valence-corrected chi connectivity index (χ1v) is 7.33. The van der Waals surface area contributed by atoms with Gasteiger partial charge < -0.3 is 5.73 Å². The number of anilines is 1. The molecule has 0 heterocycles. The lowest BCUT2D eigenvalue weighted by atomic mass is 9.93. The summed E-state index contributed by atoms with van der Waals surface area (Å²) in [5.41, 5.74) is 13.2.